The Morgan fingerprint density at radius 3 is 2.78 bits per heavy atom. The second-order valence-corrected chi connectivity index (χ2v) is 7.05. The van der Waals surface area contributed by atoms with Gasteiger partial charge in [0.25, 0.3) is 0 Å². The van der Waals surface area contributed by atoms with Gasteiger partial charge in [0.2, 0.25) is 0 Å². The monoisotopic (exact) mass is 344 g/mol. The number of halogens is 3. The van der Waals surface area contributed by atoms with Crippen LogP contribution in [0, 0.1) is 0 Å². The Balaban J connectivity index is 2.06. The molecular weight excluding hydrogens is 325 g/mol. The van der Waals surface area contributed by atoms with Gasteiger partial charge in [-0.15, -0.1) is 0 Å². The number of ether oxygens (including phenoxy) is 1. The van der Waals surface area contributed by atoms with E-state index in [1.165, 1.54) is 5.69 Å². The van der Waals surface area contributed by atoms with E-state index in [0.717, 1.165) is 36.0 Å². The number of hydrogen-bond acceptors (Lipinski definition) is 3. The van der Waals surface area contributed by atoms with Crippen molar-refractivity contribution in [3.05, 3.63) is 29.5 Å². The molecule has 0 unspecified atom stereocenters. The van der Waals surface area contributed by atoms with Crippen LogP contribution < -0.4 is 0 Å². The third-order valence-electron chi connectivity index (χ3n) is 3.99. The molecule has 1 aromatic heterocycles. The number of aromatic nitrogens is 1. The van der Waals surface area contributed by atoms with Crippen molar-refractivity contribution in [1.29, 1.82) is 0 Å². The first-order valence-electron chi connectivity index (χ1n) is 7.47. The molecule has 0 bridgehead atoms. The highest BCUT2D eigenvalue weighted by Crippen LogP contribution is 2.39. The highest BCUT2D eigenvalue weighted by Gasteiger charge is 2.30. The quantitative estimate of drug-likeness (QED) is 0.784. The van der Waals surface area contributed by atoms with Gasteiger partial charge >= 0.3 is 5.51 Å². The fourth-order valence-corrected chi connectivity index (χ4v) is 3.57. The molecule has 1 aliphatic rings. The van der Waals surface area contributed by atoms with Crippen molar-refractivity contribution in [2.75, 3.05) is 27.2 Å². The first-order valence-corrected chi connectivity index (χ1v) is 8.29. The number of hydrogen-bond donors (Lipinski definition) is 0. The van der Waals surface area contributed by atoms with Gasteiger partial charge < -0.3 is 14.2 Å². The lowest BCUT2D eigenvalue weighted by atomic mass is 10.1. The van der Waals surface area contributed by atoms with Crippen molar-refractivity contribution in [3.63, 3.8) is 0 Å². The first-order chi connectivity index (χ1) is 10.8. The van der Waals surface area contributed by atoms with E-state index in [-0.39, 0.29) is 16.7 Å². The molecule has 2 heterocycles. The SMILES string of the molecule is CN(C)CCn1c2c(c3ccc(SC(F)(F)F)cc31)COCC2. The average Bonchev–Trinajstić information content (AvgIpc) is 2.76. The van der Waals surface area contributed by atoms with E-state index in [1.54, 1.807) is 18.2 Å². The van der Waals surface area contributed by atoms with Crippen molar-refractivity contribution >= 4 is 22.7 Å². The average molecular weight is 344 g/mol. The Morgan fingerprint density at radius 1 is 1.30 bits per heavy atom. The van der Waals surface area contributed by atoms with E-state index in [9.17, 15) is 13.2 Å². The molecule has 1 aromatic carbocycles. The van der Waals surface area contributed by atoms with E-state index in [0.29, 0.717) is 13.2 Å². The fourth-order valence-electron chi connectivity index (χ4n) is 3.00. The van der Waals surface area contributed by atoms with Crippen molar-refractivity contribution < 1.29 is 17.9 Å². The Labute approximate surface area is 137 Å². The first kappa shape index (κ1) is 16.7. The smallest absolute Gasteiger partial charge is 0.376 e. The molecule has 0 amide bonds. The molecule has 23 heavy (non-hydrogen) atoms. The number of likely N-dealkylation sites (N-methyl/N-ethyl adjacent to an activating group) is 1. The molecule has 126 valence electrons. The van der Waals surface area contributed by atoms with Crippen LogP contribution in [0.15, 0.2) is 23.1 Å². The highest BCUT2D eigenvalue weighted by molar-refractivity contribution is 8.00. The lowest BCUT2D eigenvalue weighted by Gasteiger charge is -2.18. The second-order valence-electron chi connectivity index (χ2n) is 5.91. The topological polar surface area (TPSA) is 17.4 Å². The summed E-state index contributed by atoms with van der Waals surface area (Å²) >= 11 is -0.0604. The molecule has 2 aromatic rings. The van der Waals surface area contributed by atoms with Crippen LogP contribution in [-0.4, -0.2) is 42.2 Å². The van der Waals surface area contributed by atoms with Gasteiger partial charge in [0.05, 0.1) is 13.2 Å². The predicted octanol–water partition coefficient (Wildman–Crippen LogP) is 3.89. The third-order valence-corrected chi connectivity index (χ3v) is 4.71. The van der Waals surface area contributed by atoms with Gasteiger partial charge in [0.1, 0.15) is 0 Å². The summed E-state index contributed by atoms with van der Waals surface area (Å²) in [7, 11) is 3.98. The Morgan fingerprint density at radius 2 is 2.09 bits per heavy atom. The van der Waals surface area contributed by atoms with Crippen LogP contribution >= 0.6 is 11.8 Å². The van der Waals surface area contributed by atoms with Crippen molar-refractivity contribution in [2.45, 2.75) is 30.0 Å². The maximum absolute atomic E-state index is 12.7. The number of thioether (sulfide) groups is 1. The summed E-state index contributed by atoms with van der Waals surface area (Å²) in [6.07, 6.45) is 0.805. The lowest BCUT2D eigenvalue weighted by Crippen LogP contribution is -2.21. The van der Waals surface area contributed by atoms with Gasteiger partial charge in [-0.1, -0.05) is 6.07 Å². The van der Waals surface area contributed by atoms with Crippen LogP contribution in [0.5, 0.6) is 0 Å². The summed E-state index contributed by atoms with van der Waals surface area (Å²) in [5, 5.41) is 1.00. The molecule has 0 saturated heterocycles. The summed E-state index contributed by atoms with van der Waals surface area (Å²) in [5.74, 6) is 0. The van der Waals surface area contributed by atoms with Gasteiger partial charge in [-0.3, -0.25) is 0 Å². The summed E-state index contributed by atoms with van der Waals surface area (Å²) < 4.78 is 45.7. The third kappa shape index (κ3) is 3.67. The Hall–Kier alpha value is -1.18. The van der Waals surface area contributed by atoms with Crippen LogP contribution in [0.2, 0.25) is 0 Å². The summed E-state index contributed by atoms with van der Waals surface area (Å²) in [6, 6.07) is 5.00. The van der Waals surface area contributed by atoms with Gasteiger partial charge in [0.15, 0.2) is 0 Å². The van der Waals surface area contributed by atoms with Gasteiger partial charge in [0, 0.05) is 46.6 Å². The molecule has 0 aliphatic carbocycles. The molecule has 0 spiro atoms. The molecule has 0 N–H and O–H groups in total. The normalized spacial score (nSPS) is 15.4. The minimum absolute atomic E-state index is 0.0604. The zero-order chi connectivity index (χ0) is 16.6. The largest absolute Gasteiger partial charge is 0.446 e. The van der Waals surface area contributed by atoms with Gasteiger partial charge in [-0.05, 0) is 38.0 Å². The number of benzene rings is 1. The fraction of sp³-hybridized carbons (Fsp3) is 0.500. The molecule has 1 aliphatic heterocycles. The zero-order valence-electron chi connectivity index (χ0n) is 13.1. The van der Waals surface area contributed by atoms with Crippen LogP contribution in [-0.2, 0) is 24.3 Å². The van der Waals surface area contributed by atoms with E-state index in [2.05, 4.69) is 9.47 Å². The van der Waals surface area contributed by atoms with E-state index >= 15 is 0 Å². The summed E-state index contributed by atoms with van der Waals surface area (Å²) in [5.41, 5.74) is -1.08. The van der Waals surface area contributed by atoms with E-state index < -0.39 is 5.51 Å². The van der Waals surface area contributed by atoms with Crippen LogP contribution in [0.1, 0.15) is 11.3 Å². The van der Waals surface area contributed by atoms with Crippen molar-refractivity contribution in [1.82, 2.24) is 9.47 Å². The zero-order valence-corrected chi connectivity index (χ0v) is 13.9. The number of alkyl halides is 3. The molecule has 3 rings (SSSR count). The van der Waals surface area contributed by atoms with E-state index in [1.807, 2.05) is 14.1 Å². The number of fused-ring (bicyclic) bond motifs is 3. The molecule has 0 fully saturated rings. The minimum atomic E-state index is -4.27. The molecule has 0 atom stereocenters. The standard InChI is InChI=1S/C16H19F3N2OS/c1-20(2)6-7-21-14-5-8-22-10-13(14)12-4-3-11(9-15(12)21)23-16(17,18)19/h3-4,9H,5-8,10H2,1-2H3. The predicted molar refractivity (Wildman–Crippen MR) is 85.8 cm³/mol. The van der Waals surface area contributed by atoms with Crippen LogP contribution in [0.4, 0.5) is 13.2 Å². The molecular formula is C16H19F3N2OS. The van der Waals surface area contributed by atoms with Crippen molar-refractivity contribution in [2.24, 2.45) is 0 Å². The van der Waals surface area contributed by atoms with Gasteiger partial charge in [-0.25, -0.2) is 0 Å². The molecule has 0 radical (unpaired) electrons. The summed E-state index contributed by atoms with van der Waals surface area (Å²) in [6.45, 7) is 2.80. The lowest BCUT2D eigenvalue weighted by molar-refractivity contribution is -0.0328. The number of nitrogens with zero attached hydrogens (tertiary/aromatic N) is 2. The maximum atomic E-state index is 12.7. The summed E-state index contributed by atoms with van der Waals surface area (Å²) in [4.78, 5) is 2.30. The minimum Gasteiger partial charge on any atom is -0.376 e. The highest BCUT2D eigenvalue weighted by atomic mass is 32.2. The van der Waals surface area contributed by atoms with Crippen LogP contribution in [0.25, 0.3) is 10.9 Å². The number of rotatable bonds is 4. The molecule has 3 nitrogen and oxygen atoms in total. The second kappa shape index (κ2) is 6.37. The Bertz CT molecular complexity index is 709. The van der Waals surface area contributed by atoms with Crippen LogP contribution in [0.3, 0.4) is 0 Å². The Kier molecular flexibility index (Phi) is 4.62. The molecule has 0 saturated carbocycles. The maximum Gasteiger partial charge on any atom is 0.446 e. The van der Waals surface area contributed by atoms with Gasteiger partial charge in [-0.2, -0.15) is 13.2 Å². The molecule has 7 heteroatoms. The van der Waals surface area contributed by atoms with Crippen molar-refractivity contribution in [3.8, 4) is 0 Å². The van der Waals surface area contributed by atoms with E-state index in [4.69, 9.17) is 4.74 Å².